The van der Waals surface area contributed by atoms with Gasteiger partial charge in [0.2, 0.25) is 0 Å². The summed E-state index contributed by atoms with van der Waals surface area (Å²) in [5.74, 6) is 0.152. The number of nitrogens with zero attached hydrogens (tertiary/aromatic N) is 2. The molecule has 8 heteroatoms. The van der Waals surface area contributed by atoms with Gasteiger partial charge >= 0.3 is 6.18 Å². The highest BCUT2D eigenvalue weighted by molar-refractivity contribution is 14.1. The normalized spacial score (nSPS) is 11.8. The summed E-state index contributed by atoms with van der Waals surface area (Å²) in [6.45, 7) is 0. The van der Waals surface area contributed by atoms with Gasteiger partial charge in [-0.05, 0) is 40.8 Å². The van der Waals surface area contributed by atoms with E-state index in [-0.39, 0.29) is 18.1 Å². The maximum atomic E-state index is 12.1. The van der Waals surface area contributed by atoms with Crippen LogP contribution in [-0.4, -0.2) is 16.3 Å². The first-order valence-electron chi connectivity index (χ1n) is 5.30. The molecule has 1 heterocycles. The van der Waals surface area contributed by atoms with E-state index < -0.39 is 12.6 Å². The van der Waals surface area contributed by atoms with Crippen molar-refractivity contribution in [3.63, 3.8) is 0 Å². The summed E-state index contributed by atoms with van der Waals surface area (Å²) in [5, 5.41) is 3.52. The van der Waals surface area contributed by atoms with Gasteiger partial charge in [-0.2, -0.15) is 18.2 Å². The second kappa shape index (κ2) is 5.35. The predicted molar refractivity (Wildman–Crippen MR) is 71.2 cm³/mol. The number of aromatic nitrogens is 2. The first-order valence-corrected chi connectivity index (χ1v) is 6.38. The van der Waals surface area contributed by atoms with Crippen molar-refractivity contribution < 1.29 is 17.7 Å². The molecule has 0 unspecified atom stereocenters. The Balaban J connectivity index is 2.19. The summed E-state index contributed by atoms with van der Waals surface area (Å²) in [6, 6.07) is 5.22. The van der Waals surface area contributed by atoms with E-state index >= 15 is 0 Å². The second-order valence-corrected chi connectivity index (χ2v) is 5.11. The van der Waals surface area contributed by atoms with Crippen molar-refractivity contribution in [2.24, 2.45) is 0 Å². The number of alkyl halides is 3. The van der Waals surface area contributed by atoms with Crippen LogP contribution in [0.15, 0.2) is 22.7 Å². The van der Waals surface area contributed by atoms with Crippen LogP contribution in [0.4, 0.5) is 18.9 Å². The number of benzene rings is 1. The van der Waals surface area contributed by atoms with E-state index in [0.29, 0.717) is 11.3 Å². The molecular weight excluding hydrogens is 374 g/mol. The molecule has 0 aliphatic carbocycles. The molecular formula is C11H9F3IN3O. The van der Waals surface area contributed by atoms with E-state index in [9.17, 15) is 13.2 Å². The molecule has 19 heavy (non-hydrogen) atoms. The van der Waals surface area contributed by atoms with Gasteiger partial charge < -0.3 is 10.3 Å². The minimum absolute atomic E-state index is 0.0191. The highest BCUT2D eigenvalue weighted by Crippen LogP contribution is 2.27. The van der Waals surface area contributed by atoms with Crippen LogP contribution < -0.4 is 5.73 Å². The van der Waals surface area contributed by atoms with E-state index in [1.54, 1.807) is 18.2 Å². The lowest BCUT2D eigenvalue weighted by Crippen LogP contribution is -2.09. The SMILES string of the molecule is Nc1ccc(I)cc1-c1nc(CCC(F)(F)F)no1. The van der Waals surface area contributed by atoms with Crippen molar-refractivity contribution in [3.8, 4) is 11.5 Å². The first kappa shape index (κ1) is 14.1. The molecule has 1 aromatic heterocycles. The van der Waals surface area contributed by atoms with E-state index in [1.165, 1.54) is 0 Å². The topological polar surface area (TPSA) is 64.9 Å². The molecule has 0 radical (unpaired) electrons. The van der Waals surface area contributed by atoms with Crippen LogP contribution in [0.3, 0.4) is 0 Å². The number of nitrogen functional groups attached to an aromatic ring is 1. The summed E-state index contributed by atoms with van der Waals surface area (Å²) in [6.07, 6.45) is -5.52. The van der Waals surface area contributed by atoms with Crippen molar-refractivity contribution in [3.05, 3.63) is 27.6 Å². The number of aryl methyl sites for hydroxylation is 1. The summed E-state index contributed by atoms with van der Waals surface area (Å²) in [4.78, 5) is 3.92. The van der Waals surface area contributed by atoms with Crippen LogP contribution >= 0.6 is 22.6 Å². The van der Waals surface area contributed by atoms with Gasteiger partial charge in [0.15, 0.2) is 5.82 Å². The van der Waals surface area contributed by atoms with Gasteiger partial charge in [-0.3, -0.25) is 0 Å². The predicted octanol–water partition coefficient (Wildman–Crippen LogP) is 3.42. The van der Waals surface area contributed by atoms with E-state index in [2.05, 4.69) is 32.7 Å². The fourth-order valence-electron chi connectivity index (χ4n) is 1.43. The zero-order valence-corrected chi connectivity index (χ0v) is 11.7. The zero-order valence-electron chi connectivity index (χ0n) is 9.54. The Hall–Kier alpha value is -1.32. The lowest BCUT2D eigenvalue weighted by molar-refractivity contribution is -0.134. The quantitative estimate of drug-likeness (QED) is 0.652. The lowest BCUT2D eigenvalue weighted by Gasteiger charge is -2.02. The average molecular weight is 383 g/mol. The van der Waals surface area contributed by atoms with Gasteiger partial charge in [0.25, 0.3) is 5.89 Å². The molecule has 0 atom stereocenters. The number of hydrogen-bond acceptors (Lipinski definition) is 4. The third-order valence-electron chi connectivity index (χ3n) is 2.35. The fraction of sp³-hybridized carbons (Fsp3) is 0.273. The van der Waals surface area contributed by atoms with Gasteiger partial charge in [0.05, 0.1) is 12.0 Å². The maximum Gasteiger partial charge on any atom is 0.389 e. The number of hydrogen-bond donors (Lipinski definition) is 1. The molecule has 0 amide bonds. The summed E-state index contributed by atoms with van der Waals surface area (Å²) in [7, 11) is 0. The largest absolute Gasteiger partial charge is 0.398 e. The zero-order chi connectivity index (χ0) is 14.0. The fourth-order valence-corrected chi connectivity index (χ4v) is 1.92. The molecule has 0 fully saturated rings. The summed E-state index contributed by atoms with van der Waals surface area (Å²) in [5.41, 5.74) is 6.72. The molecule has 1 aromatic carbocycles. The van der Waals surface area contributed by atoms with Crippen molar-refractivity contribution in [2.75, 3.05) is 5.73 Å². The van der Waals surface area contributed by atoms with Crippen molar-refractivity contribution >= 4 is 28.3 Å². The van der Waals surface area contributed by atoms with Crippen molar-refractivity contribution in [2.45, 2.75) is 19.0 Å². The van der Waals surface area contributed by atoms with Gasteiger partial charge in [-0.25, -0.2) is 0 Å². The van der Waals surface area contributed by atoms with Crippen molar-refractivity contribution in [1.82, 2.24) is 10.1 Å². The molecule has 102 valence electrons. The molecule has 0 spiro atoms. The molecule has 0 aliphatic rings. The van der Waals surface area contributed by atoms with E-state index in [0.717, 1.165) is 3.57 Å². The van der Waals surface area contributed by atoms with Crippen molar-refractivity contribution in [1.29, 1.82) is 0 Å². The Bertz CT molecular complexity index is 583. The molecule has 2 N–H and O–H groups in total. The lowest BCUT2D eigenvalue weighted by atomic mass is 10.2. The minimum Gasteiger partial charge on any atom is -0.398 e. The molecule has 2 rings (SSSR count). The number of anilines is 1. The van der Waals surface area contributed by atoms with Gasteiger partial charge in [0, 0.05) is 15.7 Å². The number of halogens is 4. The van der Waals surface area contributed by atoms with Gasteiger partial charge in [-0.15, -0.1) is 0 Å². The molecule has 2 aromatic rings. The third-order valence-corrected chi connectivity index (χ3v) is 3.02. The summed E-state index contributed by atoms with van der Waals surface area (Å²) < 4.78 is 42.1. The molecule has 4 nitrogen and oxygen atoms in total. The van der Waals surface area contributed by atoms with Gasteiger partial charge in [-0.1, -0.05) is 5.16 Å². The molecule has 0 aliphatic heterocycles. The average Bonchev–Trinajstić information content (AvgIpc) is 2.77. The standard InChI is InChI=1S/C11H9F3IN3O/c12-11(13,14)4-3-9-17-10(19-18-9)7-5-6(15)1-2-8(7)16/h1-2,5H,3-4,16H2. The van der Waals surface area contributed by atoms with Crippen LogP contribution in [0, 0.1) is 3.57 Å². The third kappa shape index (κ3) is 3.82. The number of rotatable bonds is 3. The Labute approximate surface area is 120 Å². The van der Waals surface area contributed by atoms with E-state index in [1.807, 2.05) is 0 Å². The molecule has 0 saturated heterocycles. The molecule has 0 saturated carbocycles. The Morgan fingerprint density at radius 1 is 1.32 bits per heavy atom. The summed E-state index contributed by atoms with van der Waals surface area (Å²) >= 11 is 2.09. The van der Waals surface area contributed by atoms with Crippen LogP contribution in [0.1, 0.15) is 12.2 Å². The number of nitrogens with two attached hydrogens (primary N) is 1. The Morgan fingerprint density at radius 2 is 2.05 bits per heavy atom. The second-order valence-electron chi connectivity index (χ2n) is 3.86. The Morgan fingerprint density at radius 3 is 2.74 bits per heavy atom. The van der Waals surface area contributed by atoms with E-state index in [4.69, 9.17) is 10.3 Å². The molecule has 0 bridgehead atoms. The highest BCUT2D eigenvalue weighted by atomic mass is 127. The Kier molecular flexibility index (Phi) is 3.97. The minimum atomic E-state index is -4.23. The van der Waals surface area contributed by atoms with Gasteiger partial charge in [0.1, 0.15) is 0 Å². The van der Waals surface area contributed by atoms with Crippen LogP contribution in [0.25, 0.3) is 11.5 Å². The highest BCUT2D eigenvalue weighted by Gasteiger charge is 2.27. The van der Waals surface area contributed by atoms with Crippen LogP contribution in [-0.2, 0) is 6.42 Å². The van der Waals surface area contributed by atoms with Crippen LogP contribution in [0.2, 0.25) is 0 Å². The monoisotopic (exact) mass is 383 g/mol. The maximum absolute atomic E-state index is 12.1. The smallest absolute Gasteiger partial charge is 0.389 e. The van der Waals surface area contributed by atoms with Crippen LogP contribution in [0.5, 0.6) is 0 Å². The first-order chi connectivity index (χ1) is 8.85.